The molecule has 0 unspecified atom stereocenters. The summed E-state index contributed by atoms with van der Waals surface area (Å²) in [6.45, 7) is 13.6. The summed E-state index contributed by atoms with van der Waals surface area (Å²) < 4.78 is 16.2. The van der Waals surface area contributed by atoms with Crippen LogP contribution in [0.25, 0.3) is 214 Å². The Labute approximate surface area is 817 Å². The van der Waals surface area contributed by atoms with Gasteiger partial charge in [0.2, 0.25) is 0 Å². The molecule has 6 nitrogen and oxygen atoms in total. The van der Waals surface area contributed by atoms with Crippen molar-refractivity contribution in [2.24, 2.45) is 0 Å². The number of aryl methyl sites for hydroxylation is 6. The Hall–Kier alpha value is -10.3. The van der Waals surface area contributed by atoms with Gasteiger partial charge in [-0.05, 0) is 113 Å². The maximum atomic E-state index is 5.35. The maximum absolute atomic E-state index is 5.35. The molecule has 0 amide bonds. The van der Waals surface area contributed by atoms with Gasteiger partial charge in [-0.1, -0.05) is 298 Å². The van der Waals surface area contributed by atoms with E-state index >= 15 is 0 Å². The Morgan fingerprint density at radius 2 is 0.303 bits per heavy atom. The lowest BCUT2D eigenvalue weighted by molar-refractivity contribution is 0.780. The fraction of sp³-hybridized carbons (Fsp3) is 0.211. The molecule has 18 heteroatoms. The third-order valence-electron chi connectivity index (χ3n) is 25.2. The summed E-state index contributed by atoms with van der Waals surface area (Å²) in [5.41, 5.74) is 15.2. The van der Waals surface area contributed by atoms with Gasteiger partial charge in [0.1, 0.15) is 0 Å². The highest BCUT2D eigenvalue weighted by molar-refractivity contribution is 7.31. The monoisotopic (exact) mass is 1930 g/mol. The summed E-state index contributed by atoms with van der Waals surface area (Å²) in [4.78, 5) is 40.0. The molecule has 0 bridgehead atoms. The molecule has 12 aromatic carbocycles. The van der Waals surface area contributed by atoms with Crippen LogP contribution >= 0.6 is 136 Å². The number of benzene rings is 12. The fourth-order valence-corrected chi connectivity index (χ4v) is 33.2. The molecule has 654 valence electrons. The van der Waals surface area contributed by atoms with Crippen molar-refractivity contribution in [2.75, 3.05) is 0 Å². The van der Waals surface area contributed by atoms with Gasteiger partial charge in [0, 0.05) is 154 Å². The zero-order valence-electron chi connectivity index (χ0n) is 74.6. The zero-order chi connectivity index (χ0) is 88.9. The molecule has 0 radical (unpaired) electrons. The van der Waals surface area contributed by atoms with E-state index in [0.717, 1.165) is 146 Å². The predicted octanol–water partition coefficient (Wildman–Crippen LogP) is 39.1. The van der Waals surface area contributed by atoms with E-state index in [1.807, 2.05) is 136 Å². The lowest BCUT2D eigenvalue weighted by atomic mass is 10.1. The molecule has 24 aromatic rings. The van der Waals surface area contributed by atoms with Crippen LogP contribution in [0.1, 0.15) is 153 Å². The number of aromatic nitrogens is 6. The third-order valence-corrected chi connectivity index (χ3v) is 39.8. The molecule has 12 heterocycles. The van der Waals surface area contributed by atoms with Gasteiger partial charge in [-0.2, -0.15) is 0 Å². The second kappa shape index (κ2) is 38.6. The first-order valence-electron chi connectivity index (χ1n) is 46.6. The number of hydrogen-bond acceptors (Lipinski definition) is 18. The SMILES string of the molecule is CCCCc1nc(-c2nc(CCCC)c(-c3cccc4c3sc3ccccc34)s2)sc1-c1cccc2c1sc1ccccc12.CCCCc1nc(-c2nc(CCCC)c(-c3cccc4c3sc3ccccc34)s2)sc1-c1cccc2c1sc1ccccc12.CCCCc1nc(-c2nc(CCCC)c(-c3cccc4c3sc3ccccc34)s2)sc1-c1cccc2c1sc1ccccc12. The molecule has 0 spiro atoms. The van der Waals surface area contributed by atoms with Gasteiger partial charge < -0.3 is 0 Å². The van der Waals surface area contributed by atoms with E-state index in [-0.39, 0.29) is 0 Å². The van der Waals surface area contributed by atoms with Crippen LogP contribution in [0, 0.1) is 0 Å². The van der Waals surface area contributed by atoms with Gasteiger partial charge in [0.25, 0.3) is 0 Å². The van der Waals surface area contributed by atoms with Crippen molar-refractivity contribution in [3.8, 4) is 92.7 Å². The van der Waals surface area contributed by atoms with Crippen molar-refractivity contribution >= 4 is 257 Å². The molecule has 24 rings (SSSR count). The van der Waals surface area contributed by atoms with Gasteiger partial charge in [-0.25, -0.2) is 29.9 Å². The third kappa shape index (κ3) is 16.5. The normalized spacial score (nSPS) is 12.0. The maximum Gasteiger partial charge on any atom is 0.153 e. The molecular weight excluding hydrogens is 1840 g/mol. The molecule has 0 atom stereocenters. The van der Waals surface area contributed by atoms with Crippen LogP contribution in [-0.2, 0) is 38.5 Å². The number of thiophene rings is 6. The summed E-state index contributed by atoms with van der Waals surface area (Å²) in [6, 6.07) is 93.4. The average molecular weight is 1930 g/mol. The molecule has 0 saturated carbocycles. The summed E-state index contributed by atoms with van der Waals surface area (Å²) in [5.74, 6) is 0. The number of thiazole rings is 6. The molecular formula is C114H96N6S12. The van der Waals surface area contributed by atoms with Crippen LogP contribution in [0.3, 0.4) is 0 Å². The summed E-state index contributed by atoms with van der Waals surface area (Å²) in [7, 11) is 0. The summed E-state index contributed by atoms with van der Waals surface area (Å²) in [6.07, 6.45) is 19.7. The Kier molecular flexibility index (Phi) is 25.5. The van der Waals surface area contributed by atoms with Crippen molar-refractivity contribution in [3.63, 3.8) is 0 Å². The van der Waals surface area contributed by atoms with E-state index in [1.54, 1.807) is 0 Å². The van der Waals surface area contributed by atoms with E-state index in [1.165, 1.54) is 218 Å². The summed E-state index contributed by atoms with van der Waals surface area (Å²) in [5, 5.41) is 22.4. The van der Waals surface area contributed by atoms with Gasteiger partial charge in [0.15, 0.2) is 30.0 Å². The number of rotatable bonds is 27. The largest absolute Gasteiger partial charge is 0.238 e. The highest BCUT2D eigenvalue weighted by Crippen LogP contribution is 2.54. The average Bonchev–Trinajstić information content (AvgIpc) is 1.60. The predicted molar refractivity (Wildman–Crippen MR) is 591 cm³/mol. The highest BCUT2D eigenvalue weighted by atomic mass is 32.1. The van der Waals surface area contributed by atoms with Crippen molar-refractivity contribution in [1.82, 2.24) is 29.9 Å². The zero-order valence-corrected chi connectivity index (χ0v) is 84.4. The molecule has 0 aliphatic carbocycles. The lowest BCUT2D eigenvalue weighted by Crippen LogP contribution is -1.90. The Bertz CT molecular complexity index is 7120. The smallest absolute Gasteiger partial charge is 0.153 e. The number of nitrogens with zero attached hydrogens (tertiary/aromatic N) is 6. The van der Waals surface area contributed by atoms with Gasteiger partial charge in [0.05, 0.1) is 63.4 Å². The number of hydrogen-bond donors (Lipinski definition) is 0. The van der Waals surface area contributed by atoms with E-state index in [9.17, 15) is 0 Å². The van der Waals surface area contributed by atoms with E-state index < -0.39 is 0 Å². The van der Waals surface area contributed by atoms with Gasteiger partial charge in [-0.3, -0.25) is 0 Å². The second-order valence-corrected chi connectivity index (χ2v) is 46.4. The van der Waals surface area contributed by atoms with Crippen molar-refractivity contribution in [1.29, 1.82) is 0 Å². The van der Waals surface area contributed by atoms with Crippen molar-refractivity contribution in [3.05, 3.63) is 289 Å². The quantitative estimate of drug-likeness (QED) is 0.0511. The first kappa shape index (κ1) is 87.1. The topological polar surface area (TPSA) is 77.3 Å². The van der Waals surface area contributed by atoms with Crippen LogP contribution in [-0.4, -0.2) is 29.9 Å². The Morgan fingerprint density at radius 1 is 0.159 bits per heavy atom. The van der Waals surface area contributed by atoms with Gasteiger partial charge >= 0.3 is 0 Å². The Morgan fingerprint density at radius 3 is 0.455 bits per heavy atom. The van der Waals surface area contributed by atoms with Crippen molar-refractivity contribution < 1.29 is 0 Å². The van der Waals surface area contributed by atoms with E-state index in [4.69, 9.17) is 29.9 Å². The van der Waals surface area contributed by atoms with Crippen LogP contribution in [0.5, 0.6) is 0 Å². The fourth-order valence-electron chi connectivity index (χ4n) is 18.6. The number of fused-ring (bicyclic) bond motifs is 18. The Balaban J connectivity index is 0.000000116. The molecule has 0 saturated heterocycles. The van der Waals surface area contributed by atoms with Crippen LogP contribution in [0.15, 0.2) is 255 Å². The highest BCUT2D eigenvalue weighted by Gasteiger charge is 2.29. The molecule has 12 aromatic heterocycles. The first-order valence-corrected chi connectivity index (χ1v) is 56.4. The minimum atomic E-state index is 0.992. The van der Waals surface area contributed by atoms with Crippen molar-refractivity contribution in [2.45, 2.75) is 157 Å². The standard InChI is InChI=1S/3C38H32N2S4/c3*1-3-5-19-29-35(27-17-11-15-25-23-13-7-9-21-31(23)41-33(25)27)43-37(39-29)38-40-30(20-6-4-2)36(44-38)28-18-12-16-26-24-14-8-10-22-32(24)42-34(26)28/h3*7-18,21-22H,3-6,19-20H2,1-2H3. The van der Waals surface area contributed by atoms with E-state index in [2.05, 4.69) is 296 Å². The molecule has 0 fully saturated rings. The second-order valence-electron chi connectivity index (χ2n) is 34.1. The van der Waals surface area contributed by atoms with Crippen LogP contribution < -0.4 is 0 Å². The van der Waals surface area contributed by atoms with Crippen LogP contribution in [0.4, 0.5) is 0 Å². The number of unbranched alkanes of at least 4 members (excludes halogenated alkanes) is 6. The van der Waals surface area contributed by atoms with Crippen LogP contribution in [0.2, 0.25) is 0 Å². The minimum absolute atomic E-state index is 0.992. The molecule has 0 aliphatic rings. The summed E-state index contributed by atoms with van der Waals surface area (Å²) >= 11 is 22.4. The van der Waals surface area contributed by atoms with Gasteiger partial charge in [-0.15, -0.1) is 136 Å². The lowest BCUT2D eigenvalue weighted by Gasteiger charge is -2.04. The van der Waals surface area contributed by atoms with E-state index in [0.29, 0.717) is 0 Å². The molecule has 132 heavy (non-hydrogen) atoms. The molecule has 0 N–H and O–H groups in total. The molecule has 0 aliphatic heterocycles. The minimum Gasteiger partial charge on any atom is -0.238 e. The first-order chi connectivity index (χ1) is 65.2.